The molecule has 1 N–H and O–H groups in total. The summed E-state index contributed by atoms with van der Waals surface area (Å²) in [5, 5.41) is 3.43. The first-order valence-electron chi connectivity index (χ1n) is 6.62. The van der Waals surface area contributed by atoms with Crippen molar-refractivity contribution in [2.45, 2.75) is 32.2 Å². The number of thiophene rings is 1. The van der Waals surface area contributed by atoms with Crippen LogP contribution in [0.4, 0.5) is 0 Å². The zero-order chi connectivity index (χ0) is 12.8. The van der Waals surface area contributed by atoms with Crippen LogP contribution in [0.5, 0.6) is 0 Å². The van der Waals surface area contributed by atoms with Crippen molar-refractivity contribution in [3.8, 4) is 0 Å². The summed E-state index contributed by atoms with van der Waals surface area (Å²) in [5.74, 6) is 0. The minimum Gasteiger partial charge on any atom is -0.313 e. The predicted molar refractivity (Wildman–Crippen MR) is 81.0 cm³/mol. The number of likely N-dealkylation sites (tertiary alicyclic amines) is 1. The van der Waals surface area contributed by atoms with E-state index < -0.39 is 0 Å². The van der Waals surface area contributed by atoms with E-state index in [1.807, 2.05) is 6.07 Å². The summed E-state index contributed by atoms with van der Waals surface area (Å²) in [4.78, 5) is 2.57. The van der Waals surface area contributed by atoms with E-state index in [-0.39, 0.29) is 0 Å². The molecule has 5 heteroatoms. The molecule has 0 amide bonds. The standard InChI is InChI=1S/C13H20Cl2N2S/c14-12-9-11(13(15)18-12)10-16-5-4-8-17-6-2-1-3-7-17/h9,16H,1-8,10H2. The largest absolute Gasteiger partial charge is 0.313 e. The molecular formula is C13H20Cl2N2S. The molecule has 1 aliphatic heterocycles. The number of piperidine rings is 1. The molecule has 0 radical (unpaired) electrons. The van der Waals surface area contributed by atoms with Gasteiger partial charge in [-0.05, 0) is 57.1 Å². The maximum atomic E-state index is 6.07. The number of hydrogen-bond acceptors (Lipinski definition) is 3. The van der Waals surface area contributed by atoms with Crippen molar-refractivity contribution in [1.29, 1.82) is 0 Å². The van der Waals surface area contributed by atoms with Gasteiger partial charge < -0.3 is 10.2 Å². The van der Waals surface area contributed by atoms with Crippen molar-refractivity contribution < 1.29 is 0 Å². The smallest absolute Gasteiger partial charge is 0.0989 e. The summed E-state index contributed by atoms with van der Waals surface area (Å²) in [5.41, 5.74) is 1.12. The van der Waals surface area contributed by atoms with Crippen LogP contribution in [-0.4, -0.2) is 31.1 Å². The fourth-order valence-electron chi connectivity index (χ4n) is 2.33. The van der Waals surface area contributed by atoms with Crippen molar-refractivity contribution in [2.24, 2.45) is 0 Å². The third-order valence-corrected chi connectivity index (χ3v) is 4.89. The van der Waals surface area contributed by atoms with Gasteiger partial charge in [-0.3, -0.25) is 0 Å². The highest BCUT2D eigenvalue weighted by molar-refractivity contribution is 7.20. The van der Waals surface area contributed by atoms with Crippen molar-refractivity contribution in [3.63, 3.8) is 0 Å². The lowest BCUT2D eigenvalue weighted by Crippen LogP contribution is -2.32. The normalized spacial score (nSPS) is 17.2. The van der Waals surface area contributed by atoms with Crippen molar-refractivity contribution >= 4 is 34.5 Å². The zero-order valence-corrected chi connectivity index (χ0v) is 12.9. The lowest BCUT2D eigenvalue weighted by molar-refractivity contribution is 0.225. The van der Waals surface area contributed by atoms with Crippen LogP contribution in [0.3, 0.4) is 0 Å². The average molecular weight is 307 g/mol. The molecule has 0 saturated carbocycles. The van der Waals surface area contributed by atoms with Gasteiger partial charge in [0.25, 0.3) is 0 Å². The van der Waals surface area contributed by atoms with E-state index in [1.165, 1.54) is 56.7 Å². The van der Waals surface area contributed by atoms with E-state index >= 15 is 0 Å². The lowest BCUT2D eigenvalue weighted by Gasteiger charge is -2.26. The Balaban J connectivity index is 1.57. The minimum absolute atomic E-state index is 0.769. The fraction of sp³-hybridized carbons (Fsp3) is 0.692. The van der Waals surface area contributed by atoms with Crippen LogP contribution in [0.2, 0.25) is 8.67 Å². The quantitative estimate of drug-likeness (QED) is 0.799. The van der Waals surface area contributed by atoms with Crippen LogP contribution in [0.15, 0.2) is 6.07 Å². The fourth-order valence-corrected chi connectivity index (χ4v) is 3.82. The van der Waals surface area contributed by atoms with Gasteiger partial charge in [0.15, 0.2) is 0 Å². The van der Waals surface area contributed by atoms with E-state index in [1.54, 1.807) is 0 Å². The summed E-state index contributed by atoms with van der Waals surface area (Å²) in [6.45, 7) is 5.64. The summed E-state index contributed by atoms with van der Waals surface area (Å²) < 4.78 is 1.58. The Morgan fingerprint density at radius 1 is 1.22 bits per heavy atom. The van der Waals surface area contributed by atoms with E-state index in [9.17, 15) is 0 Å². The summed E-state index contributed by atoms with van der Waals surface area (Å²) in [6, 6.07) is 1.95. The summed E-state index contributed by atoms with van der Waals surface area (Å²) in [6.07, 6.45) is 5.36. The van der Waals surface area contributed by atoms with E-state index in [4.69, 9.17) is 23.2 Å². The Morgan fingerprint density at radius 2 is 2.00 bits per heavy atom. The van der Waals surface area contributed by atoms with E-state index in [2.05, 4.69) is 10.2 Å². The number of nitrogens with zero attached hydrogens (tertiary/aromatic N) is 1. The number of nitrogens with one attached hydrogen (secondary N) is 1. The molecule has 1 aliphatic rings. The topological polar surface area (TPSA) is 15.3 Å². The number of hydrogen-bond donors (Lipinski definition) is 1. The second-order valence-electron chi connectivity index (χ2n) is 4.78. The average Bonchev–Trinajstić information content (AvgIpc) is 2.69. The molecule has 0 atom stereocenters. The van der Waals surface area contributed by atoms with Gasteiger partial charge in [0.2, 0.25) is 0 Å². The third kappa shape index (κ3) is 4.71. The molecule has 2 rings (SSSR count). The van der Waals surface area contributed by atoms with Gasteiger partial charge in [-0.25, -0.2) is 0 Å². The van der Waals surface area contributed by atoms with Crippen LogP contribution in [0.1, 0.15) is 31.2 Å². The minimum atomic E-state index is 0.769. The van der Waals surface area contributed by atoms with Crippen LogP contribution >= 0.6 is 34.5 Å². The molecule has 18 heavy (non-hydrogen) atoms. The van der Waals surface area contributed by atoms with Gasteiger partial charge in [-0.1, -0.05) is 29.6 Å². The first-order chi connectivity index (χ1) is 8.75. The second kappa shape index (κ2) is 7.71. The molecule has 1 aromatic rings. The van der Waals surface area contributed by atoms with Gasteiger partial charge in [0, 0.05) is 6.54 Å². The molecule has 0 aromatic carbocycles. The third-order valence-electron chi connectivity index (χ3n) is 3.32. The van der Waals surface area contributed by atoms with E-state index in [0.717, 1.165) is 27.3 Å². The maximum absolute atomic E-state index is 6.07. The predicted octanol–water partition coefficient (Wildman–Crippen LogP) is 4.02. The zero-order valence-electron chi connectivity index (χ0n) is 10.6. The summed E-state index contributed by atoms with van der Waals surface area (Å²) >= 11 is 13.4. The van der Waals surface area contributed by atoms with Gasteiger partial charge >= 0.3 is 0 Å². The van der Waals surface area contributed by atoms with Gasteiger partial charge in [-0.15, -0.1) is 11.3 Å². The Morgan fingerprint density at radius 3 is 2.67 bits per heavy atom. The molecule has 0 bridgehead atoms. The monoisotopic (exact) mass is 306 g/mol. The highest BCUT2D eigenvalue weighted by Gasteiger charge is 2.09. The van der Waals surface area contributed by atoms with Crippen LogP contribution < -0.4 is 5.32 Å². The second-order valence-corrected chi connectivity index (χ2v) is 7.07. The van der Waals surface area contributed by atoms with Crippen molar-refractivity contribution in [2.75, 3.05) is 26.2 Å². The SMILES string of the molecule is Clc1cc(CNCCCN2CCCCC2)c(Cl)s1. The van der Waals surface area contributed by atoms with Crippen LogP contribution in [0, 0.1) is 0 Å². The molecule has 0 unspecified atom stereocenters. The molecule has 102 valence electrons. The number of halogens is 2. The first kappa shape index (κ1) is 14.6. The first-order valence-corrected chi connectivity index (χ1v) is 8.20. The molecule has 0 spiro atoms. The van der Waals surface area contributed by atoms with Crippen molar-refractivity contribution in [3.05, 3.63) is 20.3 Å². The Kier molecular flexibility index (Phi) is 6.25. The van der Waals surface area contributed by atoms with E-state index in [0.29, 0.717) is 0 Å². The van der Waals surface area contributed by atoms with Gasteiger partial charge in [0.05, 0.1) is 8.67 Å². The Labute approximate surface area is 123 Å². The highest BCUT2D eigenvalue weighted by atomic mass is 35.5. The molecular weight excluding hydrogens is 287 g/mol. The molecule has 1 fully saturated rings. The molecule has 2 heterocycles. The molecule has 1 aromatic heterocycles. The lowest BCUT2D eigenvalue weighted by atomic mass is 10.1. The molecule has 0 aliphatic carbocycles. The van der Waals surface area contributed by atoms with Gasteiger partial charge in [0.1, 0.15) is 0 Å². The maximum Gasteiger partial charge on any atom is 0.0989 e. The molecule has 2 nitrogen and oxygen atoms in total. The van der Waals surface area contributed by atoms with Crippen molar-refractivity contribution in [1.82, 2.24) is 10.2 Å². The summed E-state index contributed by atoms with van der Waals surface area (Å²) in [7, 11) is 0. The number of rotatable bonds is 6. The van der Waals surface area contributed by atoms with Crippen LogP contribution in [0.25, 0.3) is 0 Å². The Hall–Kier alpha value is 0.200. The van der Waals surface area contributed by atoms with Crippen LogP contribution in [-0.2, 0) is 6.54 Å². The van der Waals surface area contributed by atoms with Gasteiger partial charge in [-0.2, -0.15) is 0 Å². The molecule has 1 saturated heterocycles. The highest BCUT2D eigenvalue weighted by Crippen LogP contribution is 2.30. The Bertz CT molecular complexity index is 362.